The van der Waals surface area contributed by atoms with E-state index >= 15 is 0 Å². The molecule has 5 nitrogen and oxygen atoms in total. The molecule has 0 unspecified atom stereocenters. The van der Waals surface area contributed by atoms with Crippen molar-refractivity contribution < 1.29 is 13.2 Å². The van der Waals surface area contributed by atoms with E-state index in [2.05, 4.69) is 4.98 Å². The summed E-state index contributed by atoms with van der Waals surface area (Å²) in [6.07, 6.45) is 0.339. The fraction of sp³-hybridized carbons (Fsp3) is 0.200. The van der Waals surface area contributed by atoms with Crippen LogP contribution in [-0.2, 0) is 21.2 Å². The summed E-state index contributed by atoms with van der Waals surface area (Å²) < 4.78 is 26.2. The minimum atomic E-state index is -3.45. The fourth-order valence-corrected chi connectivity index (χ4v) is 6.01. The van der Waals surface area contributed by atoms with Crippen molar-refractivity contribution in [2.45, 2.75) is 31.2 Å². The number of rotatable bonds is 8. The Morgan fingerprint density at radius 1 is 1.03 bits per heavy atom. The van der Waals surface area contributed by atoms with E-state index in [1.807, 2.05) is 49.4 Å². The van der Waals surface area contributed by atoms with Crippen molar-refractivity contribution in [1.29, 1.82) is 0 Å². The first-order chi connectivity index (χ1) is 15.8. The Morgan fingerprint density at radius 2 is 1.76 bits per heavy atom. The van der Waals surface area contributed by atoms with Gasteiger partial charge in [-0.05, 0) is 49.2 Å². The number of amides is 1. The van der Waals surface area contributed by atoms with Crippen LogP contribution >= 0.6 is 22.9 Å². The molecule has 170 valence electrons. The summed E-state index contributed by atoms with van der Waals surface area (Å²) in [7, 11) is -3.45. The number of halogens is 1. The van der Waals surface area contributed by atoms with Crippen molar-refractivity contribution in [1.82, 2.24) is 4.98 Å². The highest BCUT2D eigenvalue weighted by Crippen LogP contribution is 2.32. The molecular weight excluding hydrogens is 476 g/mol. The molecule has 4 rings (SSSR count). The highest BCUT2D eigenvalue weighted by Gasteiger charge is 2.22. The Morgan fingerprint density at radius 3 is 2.48 bits per heavy atom. The lowest BCUT2D eigenvalue weighted by molar-refractivity contribution is -0.118. The highest BCUT2D eigenvalue weighted by atomic mass is 35.5. The summed E-state index contributed by atoms with van der Waals surface area (Å²) in [5.74, 6) is -0.251. The second kappa shape index (κ2) is 10.0. The monoisotopic (exact) mass is 498 g/mol. The van der Waals surface area contributed by atoms with Crippen molar-refractivity contribution in [2.24, 2.45) is 0 Å². The molecule has 0 aliphatic rings. The zero-order valence-electron chi connectivity index (χ0n) is 18.1. The number of anilines is 1. The zero-order valence-corrected chi connectivity index (χ0v) is 20.5. The van der Waals surface area contributed by atoms with Gasteiger partial charge in [0, 0.05) is 11.4 Å². The Labute approximate surface area is 202 Å². The van der Waals surface area contributed by atoms with E-state index in [1.54, 1.807) is 35.2 Å². The molecule has 0 aliphatic heterocycles. The van der Waals surface area contributed by atoms with Gasteiger partial charge in [0.25, 0.3) is 0 Å². The van der Waals surface area contributed by atoms with Gasteiger partial charge in [-0.3, -0.25) is 9.69 Å². The van der Waals surface area contributed by atoms with Crippen LogP contribution in [0.5, 0.6) is 0 Å². The maximum absolute atomic E-state index is 13.2. The highest BCUT2D eigenvalue weighted by molar-refractivity contribution is 7.91. The number of carbonyl (C=O) groups excluding carboxylic acids is 1. The predicted octanol–water partition coefficient (Wildman–Crippen LogP) is 6.05. The molecule has 0 aliphatic carbocycles. The third-order valence-electron chi connectivity index (χ3n) is 5.24. The zero-order chi connectivity index (χ0) is 23.4. The second-order valence-electron chi connectivity index (χ2n) is 7.81. The average Bonchev–Trinajstić information content (AvgIpc) is 3.21. The molecule has 33 heavy (non-hydrogen) atoms. The first-order valence-electron chi connectivity index (χ1n) is 10.5. The number of nitrogens with zero attached hydrogens (tertiary/aromatic N) is 2. The van der Waals surface area contributed by atoms with Crippen LogP contribution in [0.2, 0.25) is 5.02 Å². The van der Waals surface area contributed by atoms with Crippen molar-refractivity contribution in [3.63, 3.8) is 0 Å². The Balaban J connectivity index is 1.52. The normalized spacial score (nSPS) is 11.6. The standard InChI is InChI=1S/C25H23ClN2O3S2/c1-18-9-12-21(13-10-18)33(30,31)15-5-8-24(29)28(17-19-6-3-2-4-7-19)25-27-22-14-11-20(26)16-23(22)32-25/h2-4,6-7,9-14,16H,5,8,15,17H2,1H3. The van der Waals surface area contributed by atoms with Crippen molar-refractivity contribution >= 4 is 54.0 Å². The topological polar surface area (TPSA) is 67.3 Å². The number of hydrogen-bond donors (Lipinski definition) is 0. The van der Waals surface area contributed by atoms with Crippen LogP contribution in [0.4, 0.5) is 5.13 Å². The molecule has 0 radical (unpaired) electrons. The molecule has 4 aromatic rings. The minimum Gasteiger partial charge on any atom is -0.284 e. The maximum atomic E-state index is 13.2. The van der Waals surface area contributed by atoms with Crippen molar-refractivity contribution in [3.8, 4) is 0 Å². The number of thiazole rings is 1. The first kappa shape index (κ1) is 23.4. The third-order valence-corrected chi connectivity index (χ3v) is 8.33. The van der Waals surface area contributed by atoms with Crippen molar-refractivity contribution in [2.75, 3.05) is 10.7 Å². The van der Waals surface area contributed by atoms with Gasteiger partial charge in [-0.25, -0.2) is 13.4 Å². The van der Waals surface area contributed by atoms with Gasteiger partial charge in [-0.15, -0.1) is 0 Å². The quantitative estimate of drug-likeness (QED) is 0.297. The lowest BCUT2D eigenvalue weighted by Gasteiger charge is -2.20. The molecule has 0 saturated heterocycles. The number of hydrogen-bond acceptors (Lipinski definition) is 5. The molecule has 1 heterocycles. The van der Waals surface area contributed by atoms with E-state index in [-0.39, 0.29) is 29.4 Å². The number of aromatic nitrogens is 1. The molecule has 0 spiro atoms. The van der Waals surface area contributed by atoms with Crippen LogP contribution in [0.25, 0.3) is 10.2 Å². The van der Waals surface area contributed by atoms with Gasteiger partial charge in [-0.1, -0.05) is 71.0 Å². The molecule has 1 amide bonds. The van der Waals surface area contributed by atoms with E-state index in [1.165, 1.54) is 11.3 Å². The third kappa shape index (κ3) is 5.79. The number of fused-ring (bicyclic) bond motifs is 1. The molecule has 0 saturated carbocycles. The van der Waals surface area contributed by atoms with Crippen LogP contribution in [-0.4, -0.2) is 25.1 Å². The van der Waals surface area contributed by atoms with E-state index in [0.29, 0.717) is 16.7 Å². The van der Waals surface area contributed by atoms with Crippen LogP contribution < -0.4 is 4.90 Å². The van der Waals surface area contributed by atoms with Crippen LogP contribution in [0, 0.1) is 6.92 Å². The number of benzene rings is 3. The van der Waals surface area contributed by atoms with E-state index in [0.717, 1.165) is 21.3 Å². The maximum Gasteiger partial charge on any atom is 0.229 e. The number of carbonyl (C=O) groups is 1. The van der Waals surface area contributed by atoms with Gasteiger partial charge < -0.3 is 0 Å². The molecule has 0 atom stereocenters. The van der Waals surface area contributed by atoms with Gasteiger partial charge in [0.15, 0.2) is 15.0 Å². The minimum absolute atomic E-state index is 0.0869. The van der Waals surface area contributed by atoms with E-state index in [4.69, 9.17) is 11.6 Å². The van der Waals surface area contributed by atoms with Gasteiger partial charge in [0.05, 0.1) is 27.4 Å². The Bertz CT molecular complexity index is 1370. The summed E-state index contributed by atoms with van der Waals surface area (Å²) in [4.78, 5) is 19.8. The summed E-state index contributed by atoms with van der Waals surface area (Å²) in [6.45, 7) is 2.27. The SMILES string of the molecule is Cc1ccc(S(=O)(=O)CCCC(=O)N(Cc2ccccc2)c2nc3ccc(Cl)cc3s2)cc1. The Hall–Kier alpha value is -2.74. The second-order valence-corrected chi connectivity index (χ2v) is 11.4. The molecule has 3 aromatic carbocycles. The van der Waals surface area contributed by atoms with Crippen LogP contribution in [0.3, 0.4) is 0 Å². The molecule has 0 fully saturated rings. The predicted molar refractivity (Wildman–Crippen MR) is 135 cm³/mol. The number of aryl methyl sites for hydroxylation is 1. The summed E-state index contributed by atoms with van der Waals surface area (Å²) in [5, 5.41) is 1.18. The average molecular weight is 499 g/mol. The molecule has 1 aromatic heterocycles. The van der Waals surface area contributed by atoms with Gasteiger partial charge >= 0.3 is 0 Å². The lowest BCUT2D eigenvalue weighted by atomic mass is 10.2. The van der Waals surface area contributed by atoms with Gasteiger partial charge in [0.1, 0.15) is 0 Å². The van der Waals surface area contributed by atoms with Crippen molar-refractivity contribution in [3.05, 3.63) is 88.9 Å². The van der Waals surface area contributed by atoms with Gasteiger partial charge in [-0.2, -0.15) is 0 Å². The molecule has 0 N–H and O–H groups in total. The first-order valence-corrected chi connectivity index (χ1v) is 13.4. The molecule has 0 bridgehead atoms. The van der Waals surface area contributed by atoms with Crippen LogP contribution in [0.1, 0.15) is 24.0 Å². The Kier molecular flexibility index (Phi) is 7.12. The summed E-state index contributed by atoms with van der Waals surface area (Å²) in [5.41, 5.74) is 2.74. The largest absolute Gasteiger partial charge is 0.284 e. The smallest absolute Gasteiger partial charge is 0.229 e. The van der Waals surface area contributed by atoms with Gasteiger partial charge in [0.2, 0.25) is 5.91 Å². The fourth-order valence-electron chi connectivity index (χ4n) is 3.44. The van der Waals surface area contributed by atoms with Crippen LogP contribution in [0.15, 0.2) is 77.7 Å². The summed E-state index contributed by atoms with van der Waals surface area (Å²) >= 11 is 7.51. The van der Waals surface area contributed by atoms with E-state index in [9.17, 15) is 13.2 Å². The summed E-state index contributed by atoms with van der Waals surface area (Å²) in [6, 6.07) is 21.9. The van der Waals surface area contributed by atoms with E-state index < -0.39 is 9.84 Å². The molecular formula is C25H23ClN2O3S2. The number of sulfone groups is 1. The molecule has 8 heteroatoms. The lowest BCUT2D eigenvalue weighted by Crippen LogP contribution is -2.30.